The second-order valence-electron chi connectivity index (χ2n) is 2.06. The van der Waals surface area contributed by atoms with Crippen molar-refractivity contribution >= 4 is 0 Å². The highest BCUT2D eigenvalue weighted by Crippen LogP contribution is 1.99. The third-order valence-electron chi connectivity index (χ3n) is 1.20. The largest absolute Gasteiger partial charge is 0.251 e. The topological polar surface area (TPSA) is 48.8 Å². The minimum atomic E-state index is -0.235. The summed E-state index contributed by atoms with van der Waals surface area (Å²) in [6, 6.07) is 0. The summed E-state index contributed by atoms with van der Waals surface area (Å²) < 4.78 is 11.5. The van der Waals surface area contributed by atoms with Crippen molar-refractivity contribution in [1.29, 1.82) is 0 Å². The Bertz CT molecular complexity index is 110. The predicted octanol–water partition coefficient (Wildman–Crippen LogP) is 2.83. The van der Waals surface area contributed by atoms with Crippen LogP contribution in [0, 0.1) is 0 Å². The van der Waals surface area contributed by atoms with E-state index in [9.17, 15) is 4.39 Å². The number of hydrogen-bond donors (Lipinski definition) is 0. The molecule has 0 heterocycles. The highest BCUT2D eigenvalue weighted by atomic mass is 19.1. The van der Waals surface area contributed by atoms with Crippen LogP contribution in [-0.2, 0) is 0 Å². The van der Waals surface area contributed by atoms with E-state index in [0.29, 0.717) is 13.0 Å². The molecule has 0 rings (SSSR count). The summed E-state index contributed by atoms with van der Waals surface area (Å²) in [6.07, 6.45) is 3.38. The summed E-state index contributed by atoms with van der Waals surface area (Å²) in [7, 11) is 0. The summed E-state index contributed by atoms with van der Waals surface area (Å²) in [5.74, 6) is 0. The lowest BCUT2D eigenvalue weighted by Crippen LogP contribution is -1.81. The fraction of sp³-hybridized carbons (Fsp3) is 1.00. The summed E-state index contributed by atoms with van der Waals surface area (Å²) in [5, 5.41) is 3.36. The first kappa shape index (κ1) is 9.24. The van der Waals surface area contributed by atoms with Crippen LogP contribution in [0.3, 0.4) is 0 Å². The Kier molecular flexibility index (Phi) is 7.61. The summed E-state index contributed by atoms with van der Waals surface area (Å²) in [5.41, 5.74) is 7.87. The molecule has 0 saturated heterocycles. The van der Waals surface area contributed by atoms with Crippen LogP contribution in [0.5, 0.6) is 0 Å². The molecule has 0 saturated carbocycles. The Morgan fingerprint density at radius 2 is 1.90 bits per heavy atom. The van der Waals surface area contributed by atoms with Gasteiger partial charge in [-0.25, -0.2) is 0 Å². The van der Waals surface area contributed by atoms with E-state index in [-0.39, 0.29) is 6.67 Å². The lowest BCUT2D eigenvalue weighted by molar-refractivity contribution is 0.454. The number of hydrogen-bond acceptors (Lipinski definition) is 1. The molecule has 0 N–H and O–H groups in total. The molecule has 10 heavy (non-hydrogen) atoms. The molecule has 0 unspecified atom stereocenters. The van der Waals surface area contributed by atoms with Crippen molar-refractivity contribution in [1.82, 2.24) is 0 Å². The number of alkyl halides is 1. The van der Waals surface area contributed by atoms with Gasteiger partial charge in [0.1, 0.15) is 0 Å². The molecular formula is C6H12FN3. The summed E-state index contributed by atoms with van der Waals surface area (Å²) in [6.45, 7) is 0.310. The second kappa shape index (κ2) is 8.24. The van der Waals surface area contributed by atoms with E-state index in [4.69, 9.17) is 5.53 Å². The van der Waals surface area contributed by atoms with Crippen molar-refractivity contribution in [2.24, 2.45) is 5.11 Å². The van der Waals surface area contributed by atoms with E-state index in [0.717, 1.165) is 19.3 Å². The van der Waals surface area contributed by atoms with Crippen LogP contribution in [0.1, 0.15) is 25.7 Å². The molecule has 0 fully saturated rings. The molecule has 0 spiro atoms. The summed E-state index contributed by atoms with van der Waals surface area (Å²) >= 11 is 0. The lowest BCUT2D eigenvalue weighted by atomic mass is 10.2. The van der Waals surface area contributed by atoms with Gasteiger partial charge >= 0.3 is 0 Å². The Hall–Kier alpha value is -0.760. The van der Waals surface area contributed by atoms with E-state index in [1.165, 1.54) is 0 Å². The molecule has 0 aromatic rings. The molecule has 0 aliphatic carbocycles. The molecule has 0 aliphatic rings. The van der Waals surface area contributed by atoms with Crippen molar-refractivity contribution in [2.75, 3.05) is 13.2 Å². The van der Waals surface area contributed by atoms with E-state index in [1.54, 1.807) is 0 Å². The molecule has 0 radical (unpaired) electrons. The highest BCUT2D eigenvalue weighted by Gasteiger charge is 1.86. The lowest BCUT2D eigenvalue weighted by Gasteiger charge is -1.92. The molecule has 0 atom stereocenters. The van der Waals surface area contributed by atoms with E-state index in [1.807, 2.05) is 0 Å². The number of halogens is 1. The molecule has 0 bridgehead atoms. The van der Waals surface area contributed by atoms with Crippen LogP contribution >= 0.6 is 0 Å². The molecule has 4 heteroatoms. The molecule has 0 aromatic carbocycles. The Morgan fingerprint density at radius 1 is 1.20 bits per heavy atom. The van der Waals surface area contributed by atoms with Crippen molar-refractivity contribution in [3.05, 3.63) is 10.4 Å². The molecule has 3 nitrogen and oxygen atoms in total. The number of unbranched alkanes of at least 4 members (excludes halogenated alkanes) is 3. The first-order valence-corrected chi connectivity index (χ1v) is 3.48. The van der Waals surface area contributed by atoms with Gasteiger partial charge in [0.15, 0.2) is 0 Å². The van der Waals surface area contributed by atoms with Crippen LogP contribution in [0.25, 0.3) is 10.4 Å². The van der Waals surface area contributed by atoms with Crippen LogP contribution in [0.2, 0.25) is 0 Å². The molecule has 58 valence electrons. The third kappa shape index (κ3) is 7.24. The van der Waals surface area contributed by atoms with Crippen molar-refractivity contribution in [2.45, 2.75) is 25.7 Å². The van der Waals surface area contributed by atoms with Crippen molar-refractivity contribution in [3.8, 4) is 0 Å². The average molecular weight is 145 g/mol. The highest BCUT2D eigenvalue weighted by molar-refractivity contribution is 4.47. The van der Waals surface area contributed by atoms with Gasteiger partial charge < -0.3 is 0 Å². The minimum absolute atomic E-state index is 0.235. The van der Waals surface area contributed by atoms with Crippen molar-refractivity contribution < 1.29 is 4.39 Å². The maximum absolute atomic E-state index is 11.5. The standard InChI is InChI=1S/C6H12FN3/c7-5-3-1-2-4-6-9-10-8/h1-6H2. The number of rotatable bonds is 6. The van der Waals surface area contributed by atoms with Gasteiger partial charge in [0.05, 0.1) is 6.67 Å². The fourth-order valence-corrected chi connectivity index (χ4v) is 0.675. The van der Waals surface area contributed by atoms with Gasteiger partial charge in [0, 0.05) is 11.5 Å². The van der Waals surface area contributed by atoms with Crippen LogP contribution < -0.4 is 0 Å². The first-order chi connectivity index (χ1) is 4.91. The van der Waals surface area contributed by atoms with Gasteiger partial charge in [-0.3, -0.25) is 4.39 Å². The second-order valence-corrected chi connectivity index (χ2v) is 2.06. The monoisotopic (exact) mass is 145 g/mol. The summed E-state index contributed by atoms with van der Waals surface area (Å²) in [4.78, 5) is 2.60. The fourth-order valence-electron chi connectivity index (χ4n) is 0.675. The zero-order valence-corrected chi connectivity index (χ0v) is 5.96. The van der Waals surface area contributed by atoms with E-state index >= 15 is 0 Å². The number of azide groups is 1. The maximum atomic E-state index is 11.5. The smallest absolute Gasteiger partial charge is 0.0894 e. The average Bonchev–Trinajstić information content (AvgIpc) is 1.97. The molecule has 0 aromatic heterocycles. The van der Waals surface area contributed by atoms with E-state index in [2.05, 4.69) is 10.0 Å². The Labute approximate surface area is 59.9 Å². The Morgan fingerprint density at radius 3 is 2.50 bits per heavy atom. The zero-order valence-electron chi connectivity index (χ0n) is 5.96. The maximum Gasteiger partial charge on any atom is 0.0894 e. The third-order valence-corrected chi connectivity index (χ3v) is 1.20. The van der Waals surface area contributed by atoms with Crippen LogP contribution in [-0.4, -0.2) is 13.2 Å². The van der Waals surface area contributed by atoms with Crippen molar-refractivity contribution in [3.63, 3.8) is 0 Å². The molecular weight excluding hydrogens is 133 g/mol. The van der Waals surface area contributed by atoms with Gasteiger partial charge in [-0.2, -0.15) is 0 Å². The Balaban J connectivity index is 2.83. The minimum Gasteiger partial charge on any atom is -0.251 e. The molecule has 0 aliphatic heterocycles. The predicted molar refractivity (Wildman–Crippen MR) is 38.5 cm³/mol. The number of nitrogens with zero attached hydrogens (tertiary/aromatic N) is 3. The quantitative estimate of drug-likeness (QED) is 0.239. The van der Waals surface area contributed by atoms with Gasteiger partial charge in [-0.15, -0.1) is 0 Å². The van der Waals surface area contributed by atoms with Gasteiger partial charge in [0.2, 0.25) is 0 Å². The zero-order chi connectivity index (χ0) is 7.66. The van der Waals surface area contributed by atoms with Gasteiger partial charge in [-0.05, 0) is 18.4 Å². The van der Waals surface area contributed by atoms with Gasteiger partial charge in [0.25, 0.3) is 0 Å². The molecule has 0 amide bonds. The van der Waals surface area contributed by atoms with Crippen LogP contribution in [0.4, 0.5) is 4.39 Å². The van der Waals surface area contributed by atoms with E-state index < -0.39 is 0 Å². The van der Waals surface area contributed by atoms with Crippen LogP contribution in [0.15, 0.2) is 5.11 Å². The SMILES string of the molecule is [N-]=[N+]=NCCCCCCF. The first-order valence-electron chi connectivity index (χ1n) is 3.48. The normalized spacial score (nSPS) is 8.90. The van der Waals surface area contributed by atoms with Gasteiger partial charge in [-0.1, -0.05) is 18.0 Å².